The van der Waals surface area contributed by atoms with Gasteiger partial charge in [-0.2, -0.15) is 9.94 Å². The molecule has 0 saturated heterocycles. The van der Waals surface area contributed by atoms with E-state index in [1.165, 1.54) is 12.1 Å². The Kier molecular flexibility index (Phi) is 5.43. The van der Waals surface area contributed by atoms with Gasteiger partial charge in [0.15, 0.2) is 10.9 Å². The molecule has 34 heavy (non-hydrogen) atoms. The molecule has 1 aliphatic rings. The number of hydrogen-bond donors (Lipinski definition) is 1. The van der Waals surface area contributed by atoms with E-state index in [2.05, 4.69) is 16.6 Å². The highest BCUT2D eigenvalue weighted by molar-refractivity contribution is 7.98. The third-order valence-corrected chi connectivity index (χ3v) is 6.87. The van der Waals surface area contributed by atoms with E-state index in [0.717, 1.165) is 33.7 Å². The fourth-order valence-corrected chi connectivity index (χ4v) is 4.94. The maximum absolute atomic E-state index is 12.2. The Morgan fingerprint density at radius 2 is 1.91 bits per heavy atom. The Morgan fingerprint density at radius 1 is 1.21 bits per heavy atom. The molecular weight excluding hydrogens is 499 g/mol. The number of nitrogens with one attached hydrogen (secondary N) is 1. The van der Waals surface area contributed by atoms with Crippen LogP contribution in [0, 0.1) is 11.3 Å². The first kappa shape index (κ1) is 22.5. The minimum absolute atomic E-state index is 0.0435. The van der Waals surface area contributed by atoms with E-state index < -0.39 is 16.9 Å². The Labute approximate surface area is 206 Å². The van der Waals surface area contributed by atoms with Crippen molar-refractivity contribution in [3.63, 3.8) is 0 Å². The second-order valence-corrected chi connectivity index (χ2v) is 9.64. The van der Waals surface area contributed by atoms with Crippen LogP contribution in [0.25, 0.3) is 16.7 Å². The van der Waals surface area contributed by atoms with Crippen LogP contribution < -0.4 is 16.0 Å². The molecule has 1 saturated carbocycles. The number of benzene rings is 2. The molecule has 0 amide bonds. The molecule has 2 aromatic carbocycles. The molecule has 172 valence electrons. The molecular formula is C22H16Cl2N6O3S. The molecule has 2 heterocycles. The summed E-state index contributed by atoms with van der Waals surface area (Å²) in [7, 11) is 0. The van der Waals surface area contributed by atoms with Crippen LogP contribution in [0.3, 0.4) is 0 Å². The third-order valence-electron chi connectivity index (χ3n) is 5.67. The van der Waals surface area contributed by atoms with Gasteiger partial charge in [0, 0.05) is 11.6 Å². The molecule has 1 N–H and O–H groups in total. The average Bonchev–Trinajstić information content (AvgIpc) is 3.42. The van der Waals surface area contributed by atoms with Crippen LogP contribution >= 0.6 is 35.0 Å². The Hall–Kier alpha value is -3.26. The summed E-state index contributed by atoms with van der Waals surface area (Å²) in [5.41, 5.74) is -0.136. The van der Waals surface area contributed by atoms with E-state index in [4.69, 9.17) is 38.2 Å². The summed E-state index contributed by atoms with van der Waals surface area (Å²) in [5, 5.41) is 14.0. The van der Waals surface area contributed by atoms with Gasteiger partial charge < -0.3 is 9.30 Å². The van der Waals surface area contributed by atoms with Gasteiger partial charge in [0.1, 0.15) is 11.8 Å². The highest BCUT2D eigenvalue weighted by atomic mass is 35.5. The first-order valence-corrected chi connectivity index (χ1v) is 12.1. The first-order chi connectivity index (χ1) is 16.2. The zero-order chi connectivity index (χ0) is 24.2. The van der Waals surface area contributed by atoms with Crippen molar-refractivity contribution in [2.75, 3.05) is 6.26 Å². The summed E-state index contributed by atoms with van der Waals surface area (Å²) in [6.45, 7) is 2.21. The van der Waals surface area contributed by atoms with Crippen LogP contribution in [0.5, 0.6) is 11.5 Å². The van der Waals surface area contributed by atoms with Crippen molar-refractivity contribution in [1.29, 1.82) is 5.26 Å². The molecule has 5 rings (SSSR count). The summed E-state index contributed by atoms with van der Waals surface area (Å²) in [4.78, 5) is 30.6. The lowest BCUT2D eigenvalue weighted by Gasteiger charge is -2.16. The van der Waals surface area contributed by atoms with Crippen LogP contribution in [-0.4, -0.2) is 30.6 Å². The van der Waals surface area contributed by atoms with Crippen molar-refractivity contribution >= 4 is 46.0 Å². The molecule has 9 nitrogen and oxygen atoms in total. The van der Waals surface area contributed by atoms with Crippen molar-refractivity contribution in [3.8, 4) is 23.3 Å². The third kappa shape index (κ3) is 3.76. The number of H-pyrrole nitrogens is 1. The summed E-state index contributed by atoms with van der Waals surface area (Å²) >= 11 is 14.5. The van der Waals surface area contributed by atoms with Crippen molar-refractivity contribution in [3.05, 3.63) is 66.9 Å². The zero-order valence-corrected chi connectivity index (χ0v) is 20.3. The lowest BCUT2D eigenvalue weighted by molar-refractivity contribution is 0.480. The summed E-state index contributed by atoms with van der Waals surface area (Å²) < 4.78 is 9.12. The number of thioether (sulfide) groups is 1. The van der Waals surface area contributed by atoms with Gasteiger partial charge in [-0.1, -0.05) is 35.0 Å². The lowest BCUT2D eigenvalue weighted by Crippen LogP contribution is -2.33. The molecule has 2 aromatic heterocycles. The fourth-order valence-electron chi connectivity index (χ4n) is 3.69. The van der Waals surface area contributed by atoms with Crippen LogP contribution in [0.1, 0.15) is 25.5 Å². The number of rotatable bonds is 5. The number of aromatic nitrogens is 5. The van der Waals surface area contributed by atoms with E-state index in [-0.39, 0.29) is 27.0 Å². The SMILES string of the molecule is CSc1nc2ccc(Oc3c(Cl)cc(-n4nc(C#N)c(=O)[nH]c4=O)cc3Cl)cc2n1C1(C)CC1. The van der Waals surface area contributed by atoms with E-state index in [9.17, 15) is 9.59 Å². The molecule has 1 aliphatic carbocycles. The monoisotopic (exact) mass is 514 g/mol. The number of fused-ring (bicyclic) bond motifs is 1. The van der Waals surface area contributed by atoms with Crippen molar-refractivity contribution < 1.29 is 4.74 Å². The van der Waals surface area contributed by atoms with Crippen LogP contribution in [-0.2, 0) is 5.54 Å². The molecule has 4 aromatic rings. The maximum atomic E-state index is 12.2. The number of hydrogen-bond acceptors (Lipinski definition) is 7. The maximum Gasteiger partial charge on any atom is 0.349 e. The van der Waals surface area contributed by atoms with E-state index in [1.54, 1.807) is 23.9 Å². The number of ether oxygens (including phenoxy) is 1. The smallest absolute Gasteiger partial charge is 0.349 e. The molecule has 12 heteroatoms. The average molecular weight is 515 g/mol. The Bertz CT molecular complexity index is 1610. The molecule has 0 radical (unpaired) electrons. The summed E-state index contributed by atoms with van der Waals surface area (Å²) in [6.07, 6.45) is 4.17. The zero-order valence-electron chi connectivity index (χ0n) is 17.9. The van der Waals surface area contributed by atoms with Gasteiger partial charge in [0.25, 0.3) is 5.56 Å². The van der Waals surface area contributed by atoms with E-state index in [1.807, 2.05) is 23.4 Å². The van der Waals surface area contributed by atoms with Crippen LogP contribution in [0.2, 0.25) is 10.0 Å². The fraction of sp³-hybridized carbons (Fsp3) is 0.227. The molecule has 0 unspecified atom stereocenters. The highest BCUT2D eigenvalue weighted by Gasteiger charge is 2.42. The van der Waals surface area contributed by atoms with Crippen LogP contribution in [0.4, 0.5) is 0 Å². The quantitative estimate of drug-likeness (QED) is 0.390. The number of nitrogens with zero attached hydrogens (tertiary/aromatic N) is 5. The van der Waals surface area contributed by atoms with Gasteiger partial charge >= 0.3 is 5.69 Å². The van der Waals surface area contributed by atoms with Crippen molar-refractivity contribution in [2.24, 2.45) is 0 Å². The number of nitriles is 1. The van der Waals surface area contributed by atoms with Gasteiger partial charge in [-0.3, -0.25) is 9.78 Å². The topological polar surface area (TPSA) is 119 Å². The van der Waals surface area contributed by atoms with E-state index in [0.29, 0.717) is 5.75 Å². The molecule has 1 fully saturated rings. The van der Waals surface area contributed by atoms with Crippen molar-refractivity contribution in [2.45, 2.75) is 30.5 Å². The first-order valence-electron chi connectivity index (χ1n) is 10.1. The standard InChI is InChI=1S/C22H16Cl2N6O3S/c1-22(5-6-22)29-17-9-12(3-4-15(17)26-21(29)34-2)33-18-13(23)7-11(8-14(18)24)30-20(32)27-19(31)16(10-25)28-30/h3-4,7-9H,5-6H2,1-2H3,(H,27,31,32). The van der Waals surface area contributed by atoms with E-state index >= 15 is 0 Å². The Balaban J connectivity index is 1.55. The van der Waals surface area contributed by atoms with Gasteiger partial charge in [-0.15, -0.1) is 5.10 Å². The van der Waals surface area contributed by atoms with Gasteiger partial charge in [-0.25, -0.2) is 9.78 Å². The number of imidazole rings is 1. The Morgan fingerprint density at radius 3 is 2.53 bits per heavy atom. The minimum atomic E-state index is -0.875. The number of halogens is 2. The van der Waals surface area contributed by atoms with Crippen LogP contribution in [0.15, 0.2) is 45.1 Å². The second kappa shape index (κ2) is 8.20. The predicted molar refractivity (Wildman–Crippen MR) is 130 cm³/mol. The lowest BCUT2D eigenvalue weighted by atomic mass is 10.2. The molecule has 0 atom stereocenters. The van der Waals surface area contributed by atoms with Gasteiger partial charge in [0.05, 0.1) is 26.8 Å². The predicted octanol–water partition coefficient (Wildman–Crippen LogP) is 4.47. The minimum Gasteiger partial charge on any atom is -0.454 e. The number of aromatic amines is 1. The van der Waals surface area contributed by atoms with Crippen molar-refractivity contribution in [1.82, 2.24) is 24.3 Å². The summed E-state index contributed by atoms with van der Waals surface area (Å²) in [5.74, 6) is 0.714. The van der Waals surface area contributed by atoms with Gasteiger partial charge in [-0.05, 0) is 50.3 Å². The normalized spacial score (nSPS) is 14.2. The largest absolute Gasteiger partial charge is 0.454 e. The van der Waals surface area contributed by atoms with Gasteiger partial charge in [0.2, 0.25) is 5.69 Å². The summed E-state index contributed by atoms with van der Waals surface area (Å²) in [6, 6.07) is 10.0. The molecule has 0 spiro atoms. The molecule has 0 bridgehead atoms. The second-order valence-electron chi connectivity index (χ2n) is 8.05. The molecule has 0 aliphatic heterocycles. The highest BCUT2D eigenvalue weighted by Crippen LogP contribution is 2.47.